The van der Waals surface area contributed by atoms with Gasteiger partial charge in [-0.25, -0.2) is 0 Å². The van der Waals surface area contributed by atoms with Crippen molar-refractivity contribution in [3.8, 4) is 0 Å². The van der Waals surface area contributed by atoms with Gasteiger partial charge in [0.05, 0.1) is 0 Å². The Balaban J connectivity index is 1.71. The number of nitrogens with one attached hydrogen (secondary N) is 1. The minimum atomic E-state index is 0.657. The molecule has 2 rings (SSSR count). The molecule has 21 heavy (non-hydrogen) atoms. The van der Waals surface area contributed by atoms with Crippen molar-refractivity contribution in [3.05, 3.63) is 0 Å². The van der Waals surface area contributed by atoms with E-state index in [0.29, 0.717) is 5.92 Å². The van der Waals surface area contributed by atoms with E-state index in [1.807, 2.05) is 0 Å². The third-order valence-electron chi connectivity index (χ3n) is 4.97. The number of piperidine rings is 2. The quantitative estimate of drug-likeness (QED) is 0.660. The van der Waals surface area contributed by atoms with Crippen LogP contribution in [0.25, 0.3) is 0 Å². The average molecular weight is 296 g/mol. The van der Waals surface area contributed by atoms with Crippen molar-refractivity contribution in [2.24, 2.45) is 5.92 Å². The highest BCUT2D eigenvalue weighted by Crippen LogP contribution is 2.34. The molecule has 0 aromatic carbocycles. The fourth-order valence-electron chi connectivity index (χ4n) is 4.03. The molecule has 0 saturated carbocycles. The van der Waals surface area contributed by atoms with Crippen LogP contribution < -0.4 is 5.32 Å². The van der Waals surface area contributed by atoms with Gasteiger partial charge in [0.15, 0.2) is 0 Å². The van der Waals surface area contributed by atoms with Crippen molar-refractivity contribution in [2.45, 2.75) is 83.8 Å². The number of ether oxygens (including phenoxy) is 1. The first-order chi connectivity index (χ1) is 10.2. The average Bonchev–Trinajstić information content (AvgIpc) is 2.44. The summed E-state index contributed by atoms with van der Waals surface area (Å²) in [5, 5.41) is 3.76. The smallest absolute Gasteiger partial charge is 0.0489 e. The predicted octanol–water partition coefficient (Wildman–Crippen LogP) is 3.43. The molecule has 0 aliphatic carbocycles. The largest absolute Gasteiger partial charge is 0.381 e. The molecule has 2 bridgehead atoms. The van der Waals surface area contributed by atoms with Crippen molar-refractivity contribution < 1.29 is 4.74 Å². The molecule has 0 aromatic rings. The lowest BCUT2D eigenvalue weighted by atomic mass is 9.81. The highest BCUT2D eigenvalue weighted by atomic mass is 16.5. The maximum absolute atomic E-state index is 5.74. The Morgan fingerprint density at radius 1 is 1.19 bits per heavy atom. The third kappa shape index (κ3) is 5.54. The minimum Gasteiger partial charge on any atom is -0.381 e. The van der Waals surface area contributed by atoms with E-state index < -0.39 is 0 Å². The molecule has 0 amide bonds. The number of hydrogen-bond donors (Lipinski definition) is 1. The van der Waals surface area contributed by atoms with E-state index in [4.69, 9.17) is 4.74 Å². The first-order valence-corrected chi connectivity index (χ1v) is 9.27. The molecule has 0 aromatic heterocycles. The van der Waals surface area contributed by atoms with Gasteiger partial charge < -0.3 is 10.1 Å². The van der Waals surface area contributed by atoms with Gasteiger partial charge in [-0.1, -0.05) is 27.2 Å². The van der Waals surface area contributed by atoms with Crippen molar-refractivity contribution in [1.82, 2.24) is 10.2 Å². The van der Waals surface area contributed by atoms with Gasteiger partial charge in [-0.05, 0) is 51.0 Å². The van der Waals surface area contributed by atoms with Crippen molar-refractivity contribution in [3.63, 3.8) is 0 Å². The Hall–Kier alpha value is -0.120. The van der Waals surface area contributed by atoms with E-state index in [1.54, 1.807) is 0 Å². The lowest BCUT2D eigenvalue weighted by Gasteiger charge is -2.49. The van der Waals surface area contributed by atoms with E-state index in [-0.39, 0.29) is 0 Å². The topological polar surface area (TPSA) is 24.5 Å². The molecule has 2 aliphatic rings. The van der Waals surface area contributed by atoms with Gasteiger partial charge in [0.2, 0.25) is 0 Å². The van der Waals surface area contributed by atoms with Gasteiger partial charge in [-0.15, -0.1) is 0 Å². The summed E-state index contributed by atoms with van der Waals surface area (Å²) < 4.78 is 5.74. The second kappa shape index (κ2) is 9.12. The summed E-state index contributed by atoms with van der Waals surface area (Å²) in [7, 11) is 0. The standard InChI is InChI=1S/C18H36N2O/c1-4-9-19-16-12-17-7-5-8-18(13-16)20(17)10-6-11-21-14-15(2)3/h15-19H,4-14H2,1-3H3. The maximum atomic E-state index is 5.74. The van der Waals surface area contributed by atoms with Gasteiger partial charge in [-0.2, -0.15) is 0 Å². The van der Waals surface area contributed by atoms with E-state index >= 15 is 0 Å². The van der Waals surface area contributed by atoms with Gasteiger partial charge in [0, 0.05) is 37.9 Å². The lowest BCUT2D eigenvalue weighted by molar-refractivity contribution is 0.0143. The molecule has 2 aliphatic heterocycles. The van der Waals surface area contributed by atoms with Crippen LogP contribution in [0.3, 0.4) is 0 Å². The van der Waals surface area contributed by atoms with Crippen LogP contribution in [0.15, 0.2) is 0 Å². The fraction of sp³-hybridized carbons (Fsp3) is 1.00. The minimum absolute atomic E-state index is 0.657. The molecule has 3 nitrogen and oxygen atoms in total. The SMILES string of the molecule is CCCNC1CC2CCCC(C1)N2CCCOCC(C)C. The van der Waals surface area contributed by atoms with Crippen molar-refractivity contribution >= 4 is 0 Å². The molecule has 124 valence electrons. The molecule has 1 N–H and O–H groups in total. The summed E-state index contributed by atoms with van der Waals surface area (Å²) in [6.07, 6.45) is 9.44. The van der Waals surface area contributed by atoms with Gasteiger partial charge >= 0.3 is 0 Å². The fourth-order valence-corrected chi connectivity index (χ4v) is 4.03. The molecule has 2 saturated heterocycles. The van der Waals surface area contributed by atoms with E-state index in [0.717, 1.165) is 31.3 Å². The number of nitrogens with zero attached hydrogens (tertiary/aromatic N) is 1. The zero-order valence-electron chi connectivity index (χ0n) is 14.4. The highest BCUT2D eigenvalue weighted by Gasteiger charge is 2.37. The summed E-state index contributed by atoms with van der Waals surface area (Å²) in [6, 6.07) is 2.43. The van der Waals surface area contributed by atoms with E-state index in [1.165, 1.54) is 58.0 Å². The summed E-state index contributed by atoms with van der Waals surface area (Å²) in [5.74, 6) is 0.657. The van der Waals surface area contributed by atoms with Crippen LogP contribution in [-0.4, -0.2) is 49.3 Å². The summed E-state index contributed by atoms with van der Waals surface area (Å²) in [6.45, 7) is 11.0. The molecule has 2 heterocycles. The Bertz CT molecular complexity index is 268. The zero-order valence-corrected chi connectivity index (χ0v) is 14.4. The Labute approximate surface area is 131 Å². The summed E-state index contributed by atoms with van der Waals surface area (Å²) in [5.41, 5.74) is 0. The zero-order chi connectivity index (χ0) is 15.1. The molecule has 2 fully saturated rings. The molecule has 0 radical (unpaired) electrons. The van der Waals surface area contributed by atoms with Crippen LogP contribution in [0.4, 0.5) is 0 Å². The van der Waals surface area contributed by atoms with Crippen LogP contribution in [-0.2, 0) is 4.74 Å². The number of fused-ring (bicyclic) bond motifs is 2. The molecule has 2 unspecified atom stereocenters. The molecular weight excluding hydrogens is 260 g/mol. The molecule has 2 atom stereocenters. The van der Waals surface area contributed by atoms with Gasteiger partial charge in [0.25, 0.3) is 0 Å². The monoisotopic (exact) mass is 296 g/mol. The second-order valence-electron chi connectivity index (χ2n) is 7.42. The van der Waals surface area contributed by atoms with Gasteiger partial charge in [-0.3, -0.25) is 4.90 Å². The Kier molecular flexibility index (Phi) is 7.48. The number of rotatable bonds is 9. The molecule has 0 spiro atoms. The van der Waals surface area contributed by atoms with E-state index in [9.17, 15) is 0 Å². The van der Waals surface area contributed by atoms with Gasteiger partial charge in [0.1, 0.15) is 0 Å². The van der Waals surface area contributed by atoms with Crippen LogP contribution in [0, 0.1) is 5.92 Å². The molecular formula is C18H36N2O. The van der Waals surface area contributed by atoms with Crippen LogP contribution in [0.5, 0.6) is 0 Å². The Morgan fingerprint density at radius 3 is 2.52 bits per heavy atom. The first kappa shape index (κ1) is 17.2. The Morgan fingerprint density at radius 2 is 1.90 bits per heavy atom. The summed E-state index contributed by atoms with van der Waals surface area (Å²) >= 11 is 0. The van der Waals surface area contributed by atoms with Crippen LogP contribution in [0.2, 0.25) is 0 Å². The van der Waals surface area contributed by atoms with Crippen LogP contribution >= 0.6 is 0 Å². The number of hydrogen-bond acceptors (Lipinski definition) is 3. The van der Waals surface area contributed by atoms with Crippen molar-refractivity contribution in [1.29, 1.82) is 0 Å². The molecule has 3 heteroatoms. The highest BCUT2D eigenvalue weighted by molar-refractivity contribution is 4.94. The second-order valence-corrected chi connectivity index (χ2v) is 7.42. The van der Waals surface area contributed by atoms with Crippen molar-refractivity contribution in [2.75, 3.05) is 26.3 Å². The normalized spacial score (nSPS) is 30.0. The van der Waals surface area contributed by atoms with Crippen LogP contribution in [0.1, 0.15) is 65.7 Å². The summed E-state index contributed by atoms with van der Waals surface area (Å²) in [4.78, 5) is 2.81. The van der Waals surface area contributed by atoms with E-state index in [2.05, 4.69) is 31.0 Å². The maximum Gasteiger partial charge on any atom is 0.0489 e. The predicted molar refractivity (Wildman–Crippen MR) is 89.7 cm³/mol. The first-order valence-electron chi connectivity index (χ1n) is 9.27. The third-order valence-corrected chi connectivity index (χ3v) is 4.97. The lowest BCUT2D eigenvalue weighted by Crippen LogP contribution is -2.56.